The average molecular weight is 901 g/mol. The molecule has 5 rings (SSSR count). The highest BCUT2D eigenvalue weighted by atomic mass is 16.7. The summed E-state index contributed by atoms with van der Waals surface area (Å²) >= 11 is 0. The van der Waals surface area contributed by atoms with Crippen molar-refractivity contribution in [3.63, 3.8) is 0 Å². The summed E-state index contributed by atoms with van der Waals surface area (Å²) in [5, 5.41) is 92.3. The molecule has 0 aliphatic carbocycles. The smallest absolute Gasteiger partial charge is 0.330 e. The molecule has 0 unspecified atom stereocenters. The van der Waals surface area contributed by atoms with Crippen LogP contribution in [0.4, 0.5) is 0 Å². The molecule has 0 aromatic heterocycles. The number of carbonyl (C=O) groups is 1. The first-order valence-corrected chi connectivity index (χ1v) is 23.4. The summed E-state index contributed by atoms with van der Waals surface area (Å²) in [7, 11) is 1.43. The number of aliphatic hydroxyl groups is 8. The number of rotatable bonds is 6. The predicted molar refractivity (Wildman–Crippen MR) is 229 cm³/mol. The number of allylic oxidation sites excluding steroid dienone is 1. The minimum Gasteiger partial charge on any atom is -0.459 e. The zero-order valence-corrected chi connectivity index (χ0v) is 39.0. The molecule has 5 aliphatic rings. The lowest BCUT2D eigenvalue weighted by Gasteiger charge is -2.53. The van der Waals surface area contributed by atoms with Gasteiger partial charge in [0.05, 0.1) is 54.9 Å². The van der Waals surface area contributed by atoms with Gasteiger partial charge in [-0.25, -0.2) is 4.79 Å². The lowest BCUT2D eigenvalue weighted by molar-refractivity contribution is -0.362. The number of fused-ring (bicyclic) bond motifs is 3. The van der Waals surface area contributed by atoms with Crippen LogP contribution in [0.5, 0.6) is 0 Å². The van der Waals surface area contributed by atoms with E-state index >= 15 is 0 Å². The van der Waals surface area contributed by atoms with Gasteiger partial charge in [-0.2, -0.15) is 0 Å². The Kier molecular flexibility index (Phi) is 17.9. The normalized spacial score (nSPS) is 50.3. The number of aliphatic hydroxyl groups excluding tert-OH is 5. The van der Waals surface area contributed by atoms with E-state index in [1.165, 1.54) is 27.9 Å². The fourth-order valence-corrected chi connectivity index (χ4v) is 10.1. The van der Waals surface area contributed by atoms with Crippen LogP contribution in [-0.4, -0.2) is 157 Å². The first-order valence-electron chi connectivity index (χ1n) is 23.4. The van der Waals surface area contributed by atoms with E-state index in [2.05, 4.69) is 6.92 Å². The SMILES string of the molecule is CC[C@@H](O)C[C@H]1O[C@]2(CC[C@@H]1C)C[C@H]1OC(=O)/C=C/[C@@](C)(O)[C@@H](O)[C@@H](C)[C@@H](O)[C@H](O[C@H]3C[C@@H](OC)[C@H](O)[C@@H](C)O3)[C@@H](O)[C@](C)(O)CCC/C=C/[C@@H]3C[C@H](C)CO[C@]3(O)C[C@@H](O2)[C@@H]1C. The van der Waals surface area contributed by atoms with E-state index in [0.29, 0.717) is 45.1 Å². The van der Waals surface area contributed by atoms with Crippen molar-refractivity contribution in [3.8, 4) is 0 Å². The Labute approximate surface area is 373 Å². The molecule has 63 heavy (non-hydrogen) atoms. The average Bonchev–Trinajstić information content (AvgIpc) is 3.23. The van der Waals surface area contributed by atoms with Crippen LogP contribution in [0.15, 0.2) is 24.3 Å². The van der Waals surface area contributed by atoms with Crippen LogP contribution < -0.4 is 0 Å². The second-order valence-corrected chi connectivity index (χ2v) is 20.2. The molecule has 4 fully saturated rings. The van der Waals surface area contributed by atoms with Crippen LogP contribution in [0.25, 0.3) is 0 Å². The van der Waals surface area contributed by atoms with Gasteiger partial charge >= 0.3 is 5.97 Å². The molecule has 0 saturated carbocycles. The maximum absolute atomic E-state index is 13.7. The molecule has 5 heterocycles. The zero-order valence-electron chi connectivity index (χ0n) is 39.0. The van der Waals surface area contributed by atoms with Crippen molar-refractivity contribution in [1.29, 1.82) is 0 Å². The first kappa shape index (κ1) is 52.4. The molecule has 0 radical (unpaired) electrons. The summed E-state index contributed by atoms with van der Waals surface area (Å²) in [6.45, 7) is 14.0. The molecule has 21 atom stereocenters. The van der Waals surface area contributed by atoms with Gasteiger partial charge in [-0.1, -0.05) is 46.8 Å². The van der Waals surface area contributed by atoms with Crippen LogP contribution in [-0.2, 0) is 38.0 Å². The van der Waals surface area contributed by atoms with E-state index in [0.717, 1.165) is 18.6 Å². The predicted octanol–water partition coefficient (Wildman–Crippen LogP) is 3.16. The molecular weight excluding hydrogens is 821 g/mol. The van der Waals surface area contributed by atoms with Gasteiger partial charge in [-0.05, 0) is 83.6 Å². The summed E-state index contributed by atoms with van der Waals surface area (Å²) in [6, 6.07) is 0. The van der Waals surface area contributed by atoms with Crippen LogP contribution in [0, 0.1) is 29.6 Å². The molecule has 8 N–H and O–H groups in total. The number of esters is 1. The van der Waals surface area contributed by atoms with E-state index in [1.54, 1.807) is 6.92 Å². The van der Waals surface area contributed by atoms with Gasteiger partial charge in [-0.15, -0.1) is 0 Å². The Morgan fingerprint density at radius 2 is 1.62 bits per heavy atom. The Balaban J connectivity index is 1.49. The van der Waals surface area contributed by atoms with Gasteiger partial charge in [0.25, 0.3) is 0 Å². The highest BCUT2D eigenvalue weighted by molar-refractivity contribution is 5.82. The number of hydrogen-bond donors (Lipinski definition) is 8. The Morgan fingerprint density at radius 1 is 0.905 bits per heavy atom. The number of hydrogen-bond acceptors (Lipinski definition) is 16. The topological polar surface area (TPSA) is 244 Å². The number of ether oxygens (including phenoxy) is 7. The lowest BCUT2D eigenvalue weighted by Crippen LogP contribution is -2.59. The molecule has 16 heteroatoms. The van der Waals surface area contributed by atoms with Crippen molar-refractivity contribution in [2.45, 2.75) is 222 Å². The third kappa shape index (κ3) is 12.7. The molecule has 5 aliphatic heterocycles. The molecule has 2 bridgehead atoms. The molecule has 1 spiro atoms. The van der Waals surface area contributed by atoms with Gasteiger partial charge < -0.3 is 74.0 Å². The summed E-state index contributed by atoms with van der Waals surface area (Å²) in [5.74, 6) is -5.51. The van der Waals surface area contributed by atoms with Crippen molar-refractivity contribution in [2.75, 3.05) is 13.7 Å². The third-order valence-corrected chi connectivity index (χ3v) is 14.8. The van der Waals surface area contributed by atoms with Crippen molar-refractivity contribution in [1.82, 2.24) is 0 Å². The number of carbonyl (C=O) groups excluding carboxylic acids is 1. The molecule has 364 valence electrons. The Bertz CT molecular complexity index is 1520. The minimum atomic E-state index is -2.13. The summed E-state index contributed by atoms with van der Waals surface area (Å²) in [6.07, 6.45) is -2.72. The van der Waals surface area contributed by atoms with E-state index in [1.807, 2.05) is 32.9 Å². The van der Waals surface area contributed by atoms with Crippen molar-refractivity contribution < 1.29 is 78.8 Å². The monoisotopic (exact) mass is 901 g/mol. The number of methoxy groups -OCH3 is 1. The highest BCUT2D eigenvalue weighted by Gasteiger charge is 2.55. The second kappa shape index (κ2) is 21.6. The second-order valence-electron chi connectivity index (χ2n) is 20.2. The fourth-order valence-electron chi connectivity index (χ4n) is 10.1. The van der Waals surface area contributed by atoms with Gasteiger partial charge in [-0.3, -0.25) is 0 Å². The van der Waals surface area contributed by atoms with Gasteiger partial charge in [0.15, 0.2) is 17.9 Å². The molecular formula is C47H80O16. The van der Waals surface area contributed by atoms with Crippen LogP contribution in [0.2, 0.25) is 0 Å². The molecule has 0 aromatic carbocycles. The first-order chi connectivity index (χ1) is 29.4. The van der Waals surface area contributed by atoms with Crippen LogP contribution in [0.3, 0.4) is 0 Å². The summed E-state index contributed by atoms with van der Waals surface area (Å²) < 4.78 is 43.6. The van der Waals surface area contributed by atoms with Crippen LogP contribution in [0.1, 0.15) is 126 Å². The fraction of sp³-hybridized carbons (Fsp3) is 0.894. The standard InChI is InChI=1S/C47H80O16/c1-10-32(48)21-33-27(3)15-19-46(62-33)23-35-28(4)36(63-46)24-47(56)31(20-26(2)25-58-47)14-12-11-13-17-44(7,54)43(53)41(61-38-22-34(57-9)40(51)30(6)59-38)39(50)29(5)42(52)45(8,55)18-16-37(49)60-35/h12,14,16,18,26-36,38-43,48,50-56H,10-11,13,15,17,19-25H2,1-9H3/b14-12+,18-16+/t26-,27-,28+,29-,30+,31+,32+,33+,34+,35+,36+,38-,39+,40+,41-,42-,43+,44+,45+,46-,47+/m0/s1. The van der Waals surface area contributed by atoms with E-state index in [9.17, 15) is 45.6 Å². The van der Waals surface area contributed by atoms with Crippen molar-refractivity contribution in [3.05, 3.63) is 24.3 Å². The molecule has 0 aromatic rings. The summed E-state index contributed by atoms with van der Waals surface area (Å²) in [4.78, 5) is 13.7. The zero-order chi connectivity index (χ0) is 46.7. The quantitative estimate of drug-likeness (QED) is 0.141. The van der Waals surface area contributed by atoms with Crippen LogP contribution >= 0.6 is 0 Å². The van der Waals surface area contributed by atoms with Crippen molar-refractivity contribution >= 4 is 5.97 Å². The van der Waals surface area contributed by atoms with E-state index in [-0.39, 0.29) is 43.6 Å². The van der Waals surface area contributed by atoms with E-state index < -0.39 is 114 Å². The largest absolute Gasteiger partial charge is 0.459 e. The van der Waals surface area contributed by atoms with Gasteiger partial charge in [0.2, 0.25) is 0 Å². The Morgan fingerprint density at radius 3 is 2.30 bits per heavy atom. The maximum atomic E-state index is 13.7. The molecule has 4 saturated heterocycles. The minimum absolute atomic E-state index is 0.0294. The Hall–Kier alpha value is -1.61. The third-order valence-electron chi connectivity index (χ3n) is 14.8. The molecule has 0 amide bonds. The maximum Gasteiger partial charge on any atom is 0.330 e. The lowest BCUT2D eigenvalue weighted by atomic mass is 9.77. The summed E-state index contributed by atoms with van der Waals surface area (Å²) in [5.41, 5.74) is -3.97. The van der Waals surface area contributed by atoms with Crippen molar-refractivity contribution in [2.24, 2.45) is 29.6 Å². The van der Waals surface area contributed by atoms with Gasteiger partial charge in [0, 0.05) is 56.6 Å². The van der Waals surface area contributed by atoms with Gasteiger partial charge in [0.1, 0.15) is 30.0 Å². The highest BCUT2D eigenvalue weighted by Crippen LogP contribution is 2.48. The molecule has 16 nitrogen and oxygen atoms in total. The van der Waals surface area contributed by atoms with E-state index in [4.69, 9.17) is 33.2 Å².